The Balaban J connectivity index is 2.17. The first-order valence-corrected chi connectivity index (χ1v) is 8.81. The maximum absolute atomic E-state index is 12.7. The minimum Gasteiger partial charge on any atom is -0.468 e. The van der Waals surface area contributed by atoms with Gasteiger partial charge in [0.15, 0.2) is 11.2 Å². The smallest absolute Gasteiger partial charge is 0.332 e. The Morgan fingerprint density at radius 2 is 1.96 bits per heavy atom. The summed E-state index contributed by atoms with van der Waals surface area (Å²) in [5, 5.41) is 0. The first-order valence-electron chi connectivity index (χ1n) is 8.81. The van der Waals surface area contributed by atoms with Crippen molar-refractivity contribution in [1.29, 1.82) is 0 Å². The van der Waals surface area contributed by atoms with Gasteiger partial charge in [-0.2, -0.15) is 0 Å². The minimum atomic E-state index is -0.465. The van der Waals surface area contributed by atoms with Crippen LogP contribution in [0.4, 0.5) is 0 Å². The summed E-state index contributed by atoms with van der Waals surface area (Å²) in [5.41, 5.74) is -0.359. The molecule has 0 radical (unpaired) electrons. The lowest BCUT2D eigenvalue weighted by atomic mass is 10.0. The lowest BCUT2D eigenvalue weighted by Gasteiger charge is -2.32. The van der Waals surface area contributed by atoms with Gasteiger partial charge in [0.05, 0.1) is 13.7 Å². The SMILES string of the molecule is COC(=O)Cn1c(CN2CCCC[C@@H]2C)nc2c1c(=O)n(C)c(=O)n2C. The summed E-state index contributed by atoms with van der Waals surface area (Å²) in [6.45, 7) is 3.52. The van der Waals surface area contributed by atoms with Crippen LogP contribution in [0.2, 0.25) is 0 Å². The Labute approximate surface area is 150 Å². The van der Waals surface area contributed by atoms with E-state index in [-0.39, 0.29) is 12.1 Å². The molecular weight excluding hydrogens is 338 g/mol. The first kappa shape index (κ1) is 18.4. The van der Waals surface area contributed by atoms with Gasteiger partial charge >= 0.3 is 11.7 Å². The van der Waals surface area contributed by atoms with Crippen molar-refractivity contribution in [2.45, 2.75) is 45.3 Å². The molecule has 0 saturated carbocycles. The quantitative estimate of drug-likeness (QED) is 0.709. The van der Waals surface area contributed by atoms with Gasteiger partial charge in [0.25, 0.3) is 5.56 Å². The zero-order valence-corrected chi connectivity index (χ0v) is 15.7. The van der Waals surface area contributed by atoms with E-state index in [4.69, 9.17) is 4.74 Å². The van der Waals surface area contributed by atoms with Crippen LogP contribution in [0, 0.1) is 0 Å². The molecule has 142 valence electrons. The number of carbonyl (C=O) groups is 1. The molecule has 1 fully saturated rings. The van der Waals surface area contributed by atoms with Crippen LogP contribution in [0.25, 0.3) is 11.2 Å². The lowest BCUT2D eigenvalue weighted by molar-refractivity contribution is -0.141. The minimum absolute atomic E-state index is 0.113. The number of carbonyl (C=O) groups excluding carboxylic acids is 1. The van der Waals surface area contributed by atoms with Gasteiger partial charge in [-0.15, -0.1) is 0 Å². The molecule has 0 aromatic carbocycles. The van der Waals surface area contributed by atoms with Gasteiger partial charge in [-0.1, -0.05) is 6.42 Å². The molecule has 0 unspecified atom stereocenters. The molecule has 0 N–H and O–H groups in total. The average Bonchev–Trinajstić information content (AvgIpc) is 2.98. The number of ether oxygens (including phenoxy) is 1. The number of imidazole rings is 1. The standard InChI is InChI=1S/C17H25N5O4/c1-11-7-5-6-8-21(11)9-12-18-15-14(22(12)10-13(23)26-4)16(24)20(3)17(25)19(15)2/h11H,5-10H2,1-4H3/t11-/m0/s1. The van der Waals surface area contributed by atoms with E-state index in [0.29, 0.717) is 24.1 Å². The number of aromatic nitrogens is 4. The highest BCUT2D eigenvalue weighted by Crippen LogP contribution is 2.20. The second kappa shape index (κ2) is 7.06. The van der Waals surface area contributed by atoms with E-state index in [1.165, 1.54) is 25.1 Å². The number of aryl methyl sites for hydroxylation is 1. The molecule has 1 atom stereocenters. The molecule has 0 aliphatic carbocycles. The average molecular weight is 363 g/mol. The van der Waals surface area contributed by atoms with Crippen molar-refractivity contribution in [2.24, 2.45) is 14.1 Å². The number of esters is 1. The summed E-state index contributed by atoms with van der Waals surface area (Å²) >= 11 is 0. The third-order valence-electron chi connectivity index (χ3n) is 5.23. The van der Waals surface area contributed by atoms with Crippen molar-refractivity contribution in [1.82, 2.24) is 23.6 Å². The summed E-state index contributed by atoms with van der Waals surface area (Å²) in [6.07, 6.45) is 3.42. The van der Waals surface area contributed by atoms with Gasteiger partial charge < -0.3 is 9.30 Å². The van der Waals surface area contributed by atoms with Crippen molar-refractivity contribution in [2.75, 3.05) is 13.7 Å². The number of hydrogen-bond acceptors (Lipinski definition) is 6. The van der Waals surface area contributed by atoms with E-state index in [0.717, 1.165) is 24.0 Å². The molecule has 1 aliphatic heterocycles. The Kier molecular flexibility index (Phi) is 4.99. The van der Waals surface area contributed by atoms with Gasteiger partial charge in [-0.3, -0.25) is 23.6 Å². The zero-order chi connectivity index (χ0) is 19.0. The molecule has 0 amide bonds. The second-order valence-corrected chi connectivity index (χ2v) is 6.88. The fourth-order valence-electron chi connectivity index (χ4n) is 3.55. The summed E-state index contributed by atoms with van der Waals surface area (Å²) < 4.78 is 8.75. The maximum Gasteiger partial charge on any atom is 0.332 e. The van der Waals surface area contributed by atoms with E-state index in [1.807, 2.05) is 0 Å². The van der Waals surface area contributed by atoms with Gasteiger partial charge in [-0.25, -0.2) is 9.78 Å². The highest BCUT2D eigenvalue weighted by atomic mass is 16.5. The van der Waals surface area contributed by atoms with Crippen LogP contribution in [0.5, 0.6) is 0 Å². The van der Waals surface area contributed by atoms with Crippen molar-refractivity contribution in [3.63, 3.8) is 0 Å². The van der Waals surface area contributed by atoms with Crippen LogP contribution < -0.4 is 11.2 Å². The fourth-order valence-corrected chi connectivity index (χ4v) is 3.55. The van der Waals surface area contributed by atoms with Gasteiger partial charge in [0.1, 0.15) is 12.4 Å². The van der Waals surface area contributed by atoms with Crippen LogP contribution in [-0.4, -0.2) is 49.3 Å². The monoisotopic (exact) mass is 363 g/mol. The third kappa shape index (κ3) is 3.07. The van der Waals surface area contributed by atoms with Gasteiger partial charge in [0, 0.05) is 20.1 Å². The van der Waals surface area contributed by atoms with Crippen LogP contribution >= 0.6 is 0 Å². The third-order valence-corrected chi connectivity index (χ3v) is 5.23. The summed E-state index contributed by atoms with van der Waals surface area (Å²) in [5.74, 6) is 0.130. The number of fused-ring (bicyclic) bond motifs is 1. The van der Waals surface area contributed by atoms with Crippen LogP contribution in [0.15, 0.2) is 9.59 Å². The Morgan fingerprint density at radius 3 is 2.62 bits per heavy atom. The molecule has 0 bridgehead atoms. The molecule has 3 heterocycles. The second-order valence-electron chi connectivity index (χ2n) is 6.88. The lowest BCUT2D eigenvalue weighted by Crippen LogP contribution is -2.38. The number of hydrogen-bond donors (Lipinski definition) is 0. The predicted octanol–water partition coefficient (Wildman–Crippen LogP) is -0.0189. The Hall–Kier alpha value is -2.42. The van der Waals surface area contributed by atoms with Crippen LogP contribution in [0.3, 0.4) is 0 Å². The molecule has 2 aromatic rings. The predicted molar refractivity (Wildman–Crippen MR) is 96.0 cm³/mol. The number of likely N-dealkylation sites (tertiary alicyclic amines) is 1. The first-order chi connectivity index (χ1) is 12.3. The van der Waals surface area contributed by atoms with Gasteiger partial charge in [0.2, 0.25) is 0 Å². The molecule has 0 spiro atoms. The molecular formula is C17H25N5O4. The molecule has 9 nitrogen and oxygen atoms in total. The number of methoxy groups -OCH3 is 1. The molecule has 9 heteroatoms. The van der Waals surface area contributed by atoms with E-state index in [2.05, 4.69) is 16.8 Å². The van der Waals surface area contributed by atoms with E-state index >= 15 is 0 Å². The highest BCUT2D eigenvalue weighted by Gasteiger charge is 2.25. The number of rotatable bonds is 4. The van der Waals surface area contributed by atoms with E-state index in [1.54, 1.807) is 11.6 Å². The summed E-state index contributed by atoms with van der Waals surface area (Å²) in [4.78, 5) is 43.7. The summed E-state index contributed by atoms with van der Waals surface area (Å²) in [7, 11) is 4.31. The Bertz CT molecular complexity index is 955. The van der Waals surface area contributed by atoms with E-state index < -0.39 is 17.2 Å². The molecule has 26 heavy (non-hydrogen) atoms. The largest absolute Gasteiger partial charge is 0.468 e. The van der Waals surface area contributed by atoms with Crippen molar-refractivity contribution in [3.8, 4) is 0 Å². The van der Waals surface area contributed by atoms with Crippen LogP contribution in [-0.2, 0) is 36.7 Å². The molecule has 2 aromatic heterocycles. The van der Waals surface area contributed by atoms with Crippen molar-refractivity contribution in [3.05, 3.63) is 26.7 Å². The topological polar surface area (TPSA) is 91.4 Å². The maximum atomic E-state index is 12.7. The van der Waals surface area contributed by atoms with Crippen molar-refractivity contribution >= 4 is 17.1 Å². The normalized spacial score (nSPS) is 18.4. The van der Waals surface area contributed by atoms with Crippen molar-refractivity contribution < 1.29 is 9.53 Å². The molecule has 1 saturated heterocycles. The highest BCUT2D eigenvalue weighted by molar-refractivity contribution is 5.75. The van der Waals surface area contributed by atoms with Gasteiger partial charge in [-0.05, 0) is 26.3 Å². The summed E-state index contributed by atoms with van der Waals surface area (Å²) in [6, 6.07) is 0.404. The number of nitrogens with zero attached hydrogens (tertiary/aromatic N) is 5. The molecule has 1 aliphatic rings. The fraction of sp³-hybridized carbons (Fsp3) is 0.647. The van der Waals surface area contributed by atoms with Crippen LogP contribution in [0.1, 0.15) is 32.0 Å². The Morgan fingerprint density at radius 1 is 1.23 bits per heavy atom. The molecule has 3 rings (SSSR count). The van der Waals surface area contributed by atoms with E-state index in [9.17, 15) is 14.4 Å². The zero-order valence-electron chi connectivity index (χ0n) is 15.7. The number of piperidine rings is 1.